The van der Waals surface area contributed by atoms with Crippen molar-refractivity contribution >= 4 is 0 Å². The summed E-state index contributed by atoms with van der Waals surface area (Å²) in [5.41, 5.74) is 3.81. The van der Waals surface area contributed by atoms with Gasteiger partial charge < -0.3 is 9.97 Å². The van der Waals surface area contributed by atoms with Crippen molar-refractivity contribution in [3.63, 3.8) is 0 Å². The highest BCUT2D eigenvalue weighted by Gasteiger charge is 1.85. The van der Waals surface area contributed by atoms with Crippen LogP contribution < -0.4 is 0 Å². The van der Waals surface area contributed by atoms with Gasteiger partial charge >= 0.3 is 0 Å². The molecule has 2 heteroatoms. The Morgan fingerprint density at radius 3 is 1.85 bits per heavy atom. The van der Waals surface area contributed by atoms with Crippen molar-refractivity contribution in [3.05, 3.63) is 47.5 Å². The number of H-pyrrole nitrogens is 2. The number of aryl methyl sites for hydroxylation is 3. The first kappa shape index (κ1) is 9.65. The van der Waals surface area contributed by atoms with Crippen molar-refractivity contribution in [1.82, 2.24) is 9.97 Å². The molecule has 0 aliphatic heterocycles. The molecule has 0 aromatic carbocycles. The van der Waals surface area contributed by atoms with Gasteiger partial charge in [-0.1, -0.05) is 0 Å². The smallest absolute Gasteiger partial charge is 0.0145 e. The molecule has 2 aromatic heterocycles. The van der Waals surface area contributed by atoms with Crippen LogP contribution in [0.4, 0.5) is 0 Å². The van der Waals surface area contributed by atoms with Crippen molar-refractivity contribution in [3.8, 4) is 0 Å². The summed E-state index contributed by atoms with van der Waals surface area (Å²) in [4.78, 5) is 6.07. The molecule has 0 radical (unpaired) electrons. The molecule has 2 rings (SSSR count). The summed E-state index contributed by atoms with van der Waals surface area (Å²) in [6, 6.07) is 6.07. The first-order valence-corrected chi connectivity index (χ1v) is 4.40. The SMILES string of the molecule is Cc1cc[nH]c1C.Cc1ccc[nH]1. The van der Waals surface area contributed by atoms with Crippen LogP contribution in [-0.4, -0.2) is 9.97 Å². The van der Waals surface area contributed by atoms with E-state index in [0.29, 0.717) is 0 Å². The van der Waals surface area contributed by atoms with E-state index in [-0.39, 0.29) is 0 Å². The standard InChI is InChI=1S/C6H9N.C5H7N/c1-5-3-4-7-6(5)2;1-5-3-2-4-6-5/h3-4,7H,1-2H3;2-4,6H,1H3. The fourth-order valence-electron chi connectivity index (χ4n) is 0.951. The van der Waals surface area contributed by atoms with Gasteiger partial charge in [0.1, 0.15) is 0 Å². The van der Waals surface area contributed by atoms with E-state index in [0.717, 1.165) is 0 Å². The van der Waals surface area contributed by atoms with Gasteiger partial charge in [0, 0.05) is 23.8 Å². The van der Waals surface area contributed by atoms with Crippen molar-refractivity contribution in [2.24, 2.45) is 0 Å². The Balaban J connectivity index is 0.000000132. The Kier molecular flexibility index (Phi) is 3.38. The van der Waals surface area contributed by atoms with Crippen LogP contribution >= 0.6 is 0 Å². The molecule has 0 amide bonds. The van der Waals surface area contributed by atoms with Crippen LogP contribution in [0.5, 0.6) is 0 Å². The molecule has 0 aliphatic carbocycles. The van der Waals surface area contributed by atoms with Crippen LogP contribution in [0.1, 0.15) is 17.0 Å². The van der Waals surface area contributed by atoms with Gasteiger partial charge in [-0.15, -0.1) is 0 Å². The molecular formula is C11H16N2. The molecule has 2 heterocycles. The molecular weight excluding hydrogens is 160 g/mol. The minimum absolute atomic E-state index is 1.22. The van der Waals surface area contributed by atoms with Crippen LogP contribution in [0.2, 0.25) is 0 Å². The maximum Gasteiger partial charge on any atom is 0.0145 e. The van der Waals surface area contributed by atoms with Gasteiger partial charge in [0.15, 0.2) is 0 Å². The quantitative estimate of drug-likeness (QED) is 0.618. The predicted molar refractivity (Wildman–Crippen MR) is 55.8 cm³/mol. The highest BCUT2D eigenvalue weighted by molar-refractivity contribution is 5.15. The molecule has 70 valence electrons. The van der Waals surface area contributed by atoms with E-state index in [1.54, 1.807) is 0 Å². The highest BCUT2D eigenvalue weighted by Crippen LogP contribution is 1.99. The second-order valence-corrected chi connectivity index (χ2v) is 3.14. The third kappa shape index (κ3) is 3.20. The van der Waals surface area contributed by atoms with Crippen LogP contribution in [0.25, 0.3) is 0 Å². The molecule has 13 heavy (non-hydrogen) atoms. The van der Waals surface area contributed by atoms with E-state index >= 15 is 0 Å². The van der Waals surface area contributed by atoms with E-state index in [1.165, 1.54) is 17.0 Å². The van der Waals surface area contributed by atoms with Crippen molar-refractivity contribution in [2.45, 2.75) is 20.8 Å². The molecule has 0 saturated carbocycles. The lowest BCUT2D eigenvalue weighted by Crippen LogP contribution is -1.69. The Hall–Kier alpha value is -1.44. The fraction of sp³-hybridized carbons (Fsp3) is 0.273. The summed E-state index contributed by atoms with van der Waals surface area (Å²) in [7, 11) is 0. The zero-order valence-corrected chi connectivity index (χ0v) is 8.39. The number of aromatic amines is 2. The molecule has 2 aromatic rings. The Morgan fingerprint density at radius 1 is 0.923 bits per heavy atom. The maximum absolute atomic E-state index is 3.07. The van der Waals surface area contributed by atoms with Crippen molar-refractivity contribution in [1.29, 1.82) is 0 Å². The van der Waals surface area contributed by atoms with E-state index in [1.807, 2.05) is 31.5 Å². The second-order valence-electron chi connectivity index (χ2n) is 3.14. The average Bonchev–Trinajstić information content (AvgIpc) is 2.67. The lowest BCUT2D eigenvalue weighted by molar-refractivity contribution is 1.23. The molecule has 0 unspecified atom stereocenters. The first-order chi connectivity index (χ1) is 6.20. The number of rotatable bonds is 0. The molecule has 0 bridgehead atoms. The van der Waals surface area contributed by atoms with E-state index in [9.17, 15) is 0 Å². The Bertz CT molecular complexity index is 314. The summed E-state index contributed by atoms with van der Waals surface area (Å²) in [5.74, 6) is 0. The Labute approximate surface area is 79.0 Å². The summed E-state index contributed by atoms with van der Waals surface area (Å²) in [6.07, 6.45) is 3.86. The topological polar surface area (TPSA) is 31.6 Å². The van der Waals surface area contributed by atoms with E-state index in [4.69, 9.17) is 0 Å². The minimum Gasteiger partial charge on any atom is -0.365 e. The van der Waals surface area contributed by atoms with Gasteiger partial charge in [-0.3, -0.25) is 0 Å². The van der Waals surface area contributed by atoms with Crippen LogP contribution in [0.3, 0.4) is 0 Å². The van der Waals surface area contributed by atoms with Crippen LogP contribution in [0, 0.1) is 20.8 Å². The summed E-state index contributed by atoms with van der Waals surface area (Å²) < 4.78 is 0. The zero-order chi connectivity index (χ0) is 9.68. The molecule has 0 aliphatic rings. The number of aromatic nitrogens is 2. The molecule has 0 saturated heterocycles. The van der Waals surface area contributed by atoms with Crippen LogP contribution in [-0.2, 0) is 0 Å². The molecule has 0 spiro atoms. The second kappa shape index (κ2) is 4.55. The lowest BCUT2D eigenvalue weighted by atomic mass is 10.3. The third-order valence-corrected chi connectivity index (χ3v) is 1.98. The average molecular weight is 176 g/mol. The minimum atomic E-state index is 1.22. The summed E-state index contributed by atoms with van der Waals surface area (Å²) >= 11 is 0. The molecule has 0 fully saturated rings. The van der Waals surface area contributed by atoms with Crippen molar-refractivity contribution in [2.75, 3.05) is 0 Å². The van der Waals surface area contributed by atoms with E-state index < -0.39 is 0 Å². The van der Waals surface area contributed by atoms with Gasteiger partial charge in [-0.05, 0) is 44.5 Å². The highest BCUT2D eigenvalue weighted by atomic mass is 14.7. The summed E-state index contributed by atoms with van der Waals surface area (Å²) in [6.45, 7) is 6.18. The normalized spacial score (nSPS) is 9.15. The van der Waals surface area contributed by atoms with Crippen LogP contribution in [0.15, 0.2) is 30.6 Å². The maximum atomic E-state index is 3.07. The molecule has 2 nitrogen and oxygen atoms in total. The van der Waals surface area contributed by atoms with Gasteiger partial charge in [0.2, 0.25) is 0 Å². The van der Waals surface area contributed by atoms with E-state index in [2.05, 4.69) is 29.9 Å². The number of nitrogens with one attached hydrogen (secondary N) is 2. The monoisotopic (exact) mass is 176 g/mol. The van der Waals surface area contributed by atoms with Gasteiger partial charge in [-0.2, -0.15) is 0 Å². The lowest BCUT2D eigenvalue weighted by Gasteiger charge is -1.81. The van der Waals surface area contributed by atoms with Gasteiger partial charge in [0.25, 0.3) is 0 Å². The molecule has 2 N–H and O–H groups in total. The number of hydrogen-bond donors (Lipinski definition) is 2. The summed E-state index contributed by atoms with van der Waals surface area (Å²) in [5, 5.41) is 0. The van der Waals surface area contributed by atoms with Gasteiger partial charge in [0.05, 0.1) is 0 Å². The fourth-order valence-corrected chi connectivity index (χ4v) is 0.951. The third-order valence-electron chi connectivity index (χ3n) is 1.98. The Morgan fingerprint density at radius 2 is 1.69 bits per heavy atom. The zero-order valence-electron chi connectivity index (χ0n) is 8.39. The number of hydrogen-bond acceptors (Lipinski definition) is 0. The first-order valence-electron chi connectivity index (χ1n) is 4.40. The van der Waals surface area contributed by atoms with Crippen molar-refractivity contribution < 1.29 is 0 Å². The molecule has 0 atom stereocenters. The largest absolute Gasteiger partial charge is 0.365 e. The predicted octanol–water partition coefficient (Wildman–Crippen LogP) is 2.95. The van der Waals surface area contributed by atoms with Gasteiger partial charge in [-0.25, -0.2) is 0 Å².